The number of amides is 1. The number of aryl methyl sites for hydroxylation is 2. The van der Waals surface area contributed by atoms with Gasteiger partial charge in [0.25, 0.3) is 0 Å². The van der Waals surface area contributed by atoms with E-state index in [2.05, 4.69) is 10.1 Å². The van der Waals surface area contributed by atoms with Crippen LogP contribution in [0.15, 0.2) is 40.9 Å². The van der Waals surface area contributed by atoms with Crippen molar-refractivity contribution in [2.45, 2.75) is 32.6 Å². The van der Waals surface area contributed by atoms with Crippen molar-refractivity contribution in [1.82, 2.24) is 10.1 Å². The van der Waals surface area contributed by atoms with Crippen molar-refractivity contribution in [3.63, 3.8) is 0 Å². The van der Waals surface area contributed by atoms with Crippen molar-refractivity contribution in [2.75, 3.05) is 18.1 Å². The van der Waals surface area contributed by atoms with E-state index >= 15 is 0 Å². The number of carbonyl (C=O) groups is 1. The van der Waals surface area contributed by atoms with Crippen molar-refractivity contribution in [1.29, 1.82) is 0 Å². The second-order valence-corrected chi connectivity index (χ2v) is 7.01. The molecule has 0 N–H and O–H groups in total. The Morgan fingerprint density at radius 1 is 1.23 bits per heavy atom. The molecular formula is C22H21F2N3O3. The van der Waals surface area contributed by atoms with Crippen molar-refractivity contribution >= 4 is 11.6 Å². The molecular weight excluding hydrogens is 392 g/mol. The molecule has 2 aromatic carbocycles. The third-order valence-electron chi connectivity index (χ3n) is 4.95. The smallest absolute Gasteiger partial charge is 0.227 e. The Morgan fingerprint density at radius 3 is 2.80 bits per heavy atom. The van der Waals surface area contributed by atoms with Gasteiger partial charge >= 0.3 is 0 Å². The highest BCUT2D eigenvalue weighted by atomic mass is 19.1. The van der Waals surface area contributed by atoms with Crippen molar-refractivity contribution in [2.24, 2.45) is 0 Å². The van der Waals surface area contributed by atoms with E-state index in [1.807, 2.05) is 31.2 Å². The maximum atomic E-state index is 14.3. The highest BCUT2D eigenvalue weighted by Crippen LogP contribution is 2.31. The fourth-order valence-electron chi connectivity index (χ4n) is 3.59. The average Bonchev–Trinajstić information content (AvgIpc) is 3.21. The van der Waals surface area contributed by atoms with Crippen LogP contribution in [0.25, 0.3) is 11.4 Å². The summed E-state index contributed by atoms with van der Waals surface area (Å²) in [5.41, 5.74) is 1.46. The topological polar surface area (TPSA) is 68.5 Å². The van der Waals surface area contributed by atoms with Crippen LogP contribution in [-0.4, -0.2) is 29.2 Å². The fourth-order valence-corrected chi connectivity index (χ4v) is 3.59. The molecule has 0 saturated carbocycles. The van der Waals surface area contributed by atoms with E-state index in [4.69, 9.17) is 9.26 Å². The summed E-state index contributed by atoms with van der Waals surface area (Å²) in [5.74, 6) is -0.108. The lowest BCUT2D eigenvalue weighted by molar-refractivity contribution is -0.118. The summed E-state index contributed by atoms with van der Waals surface area (Å²) in [6, 6.07) is 9.41. The minimum atomic E-state index is -0.714. The lowest BCUT2D eigenvalue weighted by Gasteiger charge is -2.29. The molecule has 0 bridgehead atoms. The molecule has 4 rings (SSSR count). The number of fused-ring (bicyclic) bond motifs is 1. The van der Waals surface area contributed by atoms with Gasteiger partial charge in [-0.15, -0.1) is 0 Å². The molecule has 1 amide bonds. The lowest BCUT2D eigenvalue weighted by Crippen LogP contribution is -2.36. The molecule has 6 nitrogen and oxygen atoms in total. The monoisotopic (exact) mass is 413 g/mol. The molecule has 0 spiro atoms. The highest BCUT2D eigenvalue weighted by Gasteiger charge is 2.26. The van der Waals surface area contributed by atoms with Crippen LogP contribution >= 0.6 is 0 Å². The number of benzene rings is 2. The number of anilines is 1. The van der Waals surface area contributed by atoms with Gasteiger partial charge in [-0.2, -0.15) is 4.98 Å². The number of rotatable bonds is 6. The second-order valence-electron chi connectivity index (χ2n) is 7.01. The number of ether oxygens (including phenoxy) is 1. The first-order valence-electron chi connectivity index (χ1n) is 9.89. The molecule has 30 heavy (non-hydrogen) atoms. The number of hydrogen-bond acceptors (Lipinski definition) is 5. The minimum Gasteiger partial charge on any atom is -0.494 e. The minimum absolute atomic E-state index is 0.0845. The van der Waals surface area contributed by atoms with E-state index in [9.17, 15) is 13.6 Å². The molecule has 3 aromatic rings. The largest absolute Gasteiger partial charge is 0.494 e. The normalized spacial score (nSPS) is 13.2. The molecule has 0 unspecified atom stereocenters. The maximum absolute atomic E-state index is 14.3. The van der Waals surface area contributed by atoms with E-state index in [1.54, 1.807) is 0 Å². The Labute approximate surface area is 172 Å². The van der Waals surface area contributed by atoms with Gasteiger partial charge in [0.15, 0.2) is 0 Å². The molecule has 1 aromatic heterocycles. The van der Waals surface area contributed by atoms with Gasteiger partial charge in [-0.25, -0.2) is 8.78 Å². The number of hydrogen-bond donors (Lipinski definition) is 0. The van der Waals surface area contributed by atoms with Gasteiger partial charge in [-0.05, 0) is 55.7 Å². The fraction of sp³-hybridized carbons (Fsp3) is 0.318. The molecule has 1 aliphatic heterocycles. The second kappa shape index (κ2) is 8.61. The van der Waals surface area contributed by atoms with Crippen LogP contribution in [0.2, 0.25) is 0 Å². The maximum Gasteiger partial charge on any atom is 0.227 e. The van der Waals surface area contributed by atoms with Gasteiger partial charge < -0.3 is 14.2 Å². The standard InChI is InChI=1S/C22H21F2N3O3/c1-2-29-17-7-5-14(6-8-17)22-25-19(30-26-22)9-10-20(28)27-11-3-4-15-12-16(23)13-18(24)21(15)27/h5-8,12-13H,2-4,9-11H2,1H3. The third-order valence-corrected chi connectivity index (χ3v) is 4.95. The first kappa shape index (κ1) is 20.0. The van der Waals surface area contributed by atoms with Gasteiger partial charge in [0.05, 0.1) is 12.3 Å². The number of halogens is 2. The van der Waals surface area contributed by atoms with E-state index in [0.29, 0.717) is 43.3 Å². The van der Waals surface area contributed by atoms with Crippen LogP contribution in [-0.2, 0) is 17.6 Å². The first-order valence-corrected chi connectivity index (χ1v) is 9.89. The van der Waals surface area contributed by atoms with Crippen LogP contribution < -0.4 is 9.64 Å². The molecule has 0 radical (unpaired) electrons. The summed E-state index contributed by atoms with van der Waals surface area (Å²) in [4.78, 5) is 18.4. The number of aromatic nitrogens is 2. The van der Waals surface area contributed by atoms with Gasteiger partial charge in [0.2, 0.25) is 17.6 Å². The molecule has 0 saturated heterocycles. The lowest BCUT2D eigenvalue weighted by atomic mass is 10.0. The summed E-state index contributed by atoms with van der Waals surface area (Å²) >= 11 is 0. The molecule has 1 aliphatic rings. The van der Waals surface area contributed by atoms with Gasteiger partial charge in [0.1, 0.15) is 17.4 Å². The van der Waals surface area contributed by atoms with Crippen LogP contribution in [0.1, 0.15) is 31.2 Å². The van der Waals surface area contributed by atoms with Gasteiger partial charge in [-0.3, -0.25) is 4.79 Å². The molecule has 8 heteroatoms. The predicted molar refractivity (Wildman–Crippen MR) is 106 cm³/mol. The third kappa shape index (κ3) is 4.17. The quantitative estimate of drug-likeness (QED) is 0.602. The predicted octanol–water partition coefficient (Wildman–Crippen LogP) is 4.33. The first-order chi connectivity index (χ1) is 14.5. The molecule has 0 atom stereocenters. The van der Waals surface area contributed by atoms with Crippen molar-refractivity contribution in [3.05, 3.63) is 59.5 Å². The number of carbonyl (C=O) groups excluding carboxylic acids is 1. The van der Waals surface area contributed by atoms with Crippen molar-refractivity contribution in [3.8, 4) is 17.1 Å². The molecule has 2 heterocycles. The zero-order valence-corrected chi connectivity index (χ0v) is 16.5. The Bertz CT molecular complexity index is 1050. The summed E-state index contributed by atoms with van der Waals surface area (Å²) < 4.78 is 38.4. The van der Waals surface area contributed by atoms with Crippen LogP contribution in [0, 0.1) is 11.6 Å². The van der Waals surface area contributed by atoms with E-state index in [-0.39, 0.29) is 24.4 Å². The van der Waals surface area contributed by atoms with Crippen LogP contribution in [0.3, 0.4) is 0 Å². The summed E-state index contributed by atoms with van der Waals surface area (Å²) in [6.07, 6.45) is 1.52. The molecule has 0 aliphatic carbocycles. The number of nitrogens with zero attached hydrogens (tertiary/aromatic N) is 3. The zero-order valence-electron chi connectivity index (χ0n) is 16.5. The van der Waals surface area contributed by atoms with Gasteiger partial charge in [0, 0.05) is 31.0 Å². The summed E-state index contributed by atoms with van der Waals surface area (Å²) in [5, 5.41) is 3.96. The van der Waals surface area contributed by atoms with E-state index < -0.39 is 11.6 Å². The van der Waals surface area contributed by atoms with E-state index in [0.717, 1.165) is 17.4 Å². The average molecular weight is 413 g/mol. The SMILES string of the molecule is CCOc1ccc(-c2noc(CCC(=O)N3CCCc4cc(F)cc(F)c43)n2)cc1. The van der Waals surface area contributed by atoms with Crippen LogP contribution in [0.4, 0.5) is 14.5 Å². The summed E-state index contributed by atoms with van der Waals surface area (Å²) in [6.45, 7) is 2.89. The van der Waals surface area contributed by atoms with E-state index in [1.165, 1.54) is 11.0 Å². The summed E-state index contributed by atoms with van der Waals surface area (Å²) in [7, 11) is 0. The van der Waals surface area contributed by atoms with Crippen LogP contribution in [0.5, 0.6) is 5.75 Å². The van der Waals surface area contributed by atoms with Gasteiger partial charge in [-0.1, -0.05) is 5.16 Å². The Morgan fingerprint density at radius 2 is 2.03 bits per heavy atom. The zero-order chi connectivity index (χ0) is 21.1. The highest BCUT2D eigenvalue weighted by molar-refractivity contribution is 5.94. The van der Waals surface area contributed by atoms with Crippen molar-refractivity contribution < 1.29 is 22.8 Å². The molecule has 0 fully saturated rings. The Balaban J connectivity index is 1.42. The Hall–Kier alpha value is -3.29. The Kier molecular flexibility index (Phi) is 5.74. The molecule has 156 valence electrons.